The first kappa shape index (κ1) is 14.1. The minimum absolute atomic E-state index is 0.0982. The van der Waals surface area contributed by atoms with Gasteiger partial charge in [-0.3, -0.25) is 4.79 Å². The molecule has 0 aliphatic carbocycles. The monoisotopic (exact) mass is 273 g/mol. The first-order valence-electron chi connectivity index (χ1n) is 6.27. The average molecular weight is 273 g/mol. The second kappa shape index (κ2) is 5.74. The van der Waals surface area contributed by atoms with Crippen LogP contribution in [-0.4, -0.2) is 23.0 Å². The zero-order valence-electron chi connectivity index (χ0n) is 11.4. The molecule has 1 amide bonds. The standard InChI is InChI=1S/C16H16FNO2/c1-11-3-5-12(6-4-11)10-18(2)16(20)14-8-7-13(17)9-15(14)19/h3-9,19H,10H2,1-2H3. The summed E-state index contributed by atoms with van der Waals surface area (Å²) in [6, 6.07) is 11.2. The number of benzene rings is 2. The van der Waals surface area contributed by atoms with Gasteiger partial charge in [-0.2, -0.15) is 0 Å². The van der Waals surface area contributed by atoms with Crippen LogP contribution in [0.4, 0.5) is 4.39 Å². The van der Waals surface area contributed by atoms with Crippen molar-refractivity contribution < 1.29 is 14.3 Å². The van der Waals surface area contributed by atoms with Crippen molar-refractivity contribution in [3.63, 3.8) is 0 Å². The molecule has 20 heavy (non-hydrogen) atoms. The molecule has 0 bridgehead atoms. The van der Waals surface area contributed by atoms with Gasteiger partial charge in [0.1, 0.15) is 11.6 Å². The molecule has 0 aliphatic heterocycles. The number of phenols is 1. The molecule has 3 nitrogen and oxygen atoms in total. The number of phenolic OH excluding ortho intramolecular Hbond substituents is 1. The lowest BCUT2D eigenvalue weighted by molar-refractivity contribution is 0.0782. The number of aromatic hydroxyl groups is 1. The van der Waals surface area contributed by atoms with Crippen molar-refractivity contribution in [3.05, 3.63) is 65.0 Å². The third kappa shape index (κ3) is 3.15. The van der Waals surface area contributed by atoms with Crippen LogP contribution in [0.5, 0.6) is 5.75 Å². The largest absolute Gasteiger partial charge is 0.507 e. The molecule has 0 saturated carbocycles. The zero-order chi connectivity index (χ0) is 14.7. The Morgan fingerprint density at radius 1 is 1.20 bits per heavy atom. The van der Waals surface area contributed by atoms with E-state index in [1.807, 2.05) is 31.2 Å². The molecule has 0 aliphatic rings. The molecule has 1 N–H and O–H groups in total. The predicted octanol–water partition coefficient (Wildman–Crippen LogP) is 3.11. The van der Waals surface area contributed by atoms with E-state index in [2.05, 4.69) is 0 Å². The minimum atomic E-state index is -0.569. The number of aryl methyl sites for hydroxylation is 1. The Hall–Kier alpha value is -2.36. The van der Waals surface area contributed by atoms with Gasteiger partial charge in [-0.25, -0.2) is 4.39 Å². The molecular formula is C16H16FNO2. The Morgan fingerprint density at radius 2 is 1.85 bits per heavy atom. The van der Waals surface area contributed by atoms with Crippen molar-refractivity contribution >= 4 is 5.91 Å². The molecule has 0 heterocycles. The summed E-state index contributed by atoms with van der Waals surface area (Å²) >= 11 is 0. The fraction of sp³-hybridized carbons (Fsp3) is 0.188. The van der Waals surface area contributed by atoms with Gasteiger partial charge in [-0.05, 0) is 24.6 Å². The van der Waals surface area contributed by atoms with Gasteiger partial charge in [0, 0.05) is 19.7 Å². The average Bonchev–Trinajstić information content (AvgIpc) is 2.40. The lowest BCUT2D eigenvalue weighted by Gasteiger charge is -2.18. The predicted molar refractivity (Wildman–Crippen MR) is 75.0 cm³/mol. The number of nitrogens with zero attached hydrogens (tertiary/aromatic N) is 1. The number of hydrogen-bond acceptors (Lipinski definition) is 2. The summed E-state index contributed by atoms with van der Waals surface area (Å²) in [5.74, 6) is -1.26. The fourth-order valence-electron chi connectivity index (χ4n) is 1.93. The molecule has 4 heteroatoms. The summed E-state index contributed by atoms with van der Waals surface area (Å²) < 4.78 is 12.9. The molecular weight excluding hydrogens is 257 g/mol. The van der Waals surface area contributed by atoms with Gasteiger partial charge < -0.3 is 10.0 Å². The second-order valence-electron chi connectivity index (χ2n) is 4.81. The third-order valence-electron chi connectivity index (χ3n) is 3.08. The normalized spacial score (nSPS) is 10.3. The molecule has 2 rings (SSSR count). The number of amides is 1. The maximum atomic E-state index is 12.9. The highest BCUT2D eigenvalue weighted by Crippen LogP contribution is 2.20. The van der Waals surface area contributed by atoms with E-state index >= 15 is 0 Å². The summed E-state index contributed by atoms with van der Waals surface area (Å²) in [5.41, 5.74) is 2.24. The minimum Gasteiger partial charge on any atom is -0.507 e. The summed E-state index contributed by atoms with van der Waals surface area (Å²) in [5, 5.41) is 9.63. The number of rotatable bonds is 3. The Labute approximate surface area is 117 Å². The highest BCUT2D eigenvalue weighted by atomic mass is 19.1. The van der Waals surface area contributed by atoms with Crippen LogP contribution in [0.15, 0.2) is 42.5 Å². The quantitative estimate of drug-likeness (QED) is 0.933. The molecule has 2 aromatic rings. The zero-order valence-corrected chi connectivity index (χ0v) is 11.4. The van der Waals surface area contributed by atoms with E-state index < -0.39 is 5.82 Å². The Bertz CT molecular complexity index is 623. The molecule has 0 atom stereocenters. The van der Waals surface area contributed by atoms with E-state index in [0.29, 0.717) is 6.54 Å². The topological polar surface area (TPSA) is 40.5 Å². The molecule has 0 radical (unpaired) electrons. The van der Waals surface area contributed by atoms with Crippen LogP contribution in [0.1, 0.15) is 21.5 Å². The lowest BCUT2D eigenvalue weighted by Crippen LogP contribution is -2.26. The maximum Gasteiger partial charge on any atom is 0.257 e. The molecule has 0 fully saturated rings. The first-order valence-corrected chi connectivity index (χ1v) is 6.27. The Kier molecular flexibility index (Phi) is 4.03. The summed E-state index contributed by atoms with van der Waals surface area (Å²) in [7, 11) is 1.64. The van der Waals surface area contributed by atoms with Crippen molar-refractivity contribution in [1.29, 1.82) is 0 Å². The summed E-state index contributed by atoms with van der Waals surface area (Å²) in [6.45, 7) is 2.42. The van der Waals surface area contributed by atoms with Crippen molar-refractivity contribution in [1.82, 2.24) is 4.90 Å². The van der Waals surface area contributed by atoms with E-state index in [9.17, 15) is 14.3 Å². The van der Waals surface area contributed by atoms with Crippen molar-refractivity contribution in [2.75, 3.05) is 7.05 Å². The van der Waals surface area contributed by atoms with E-state index in [0.717, 1.165) is 23.3 Å². The molecule has 0 aromatic heterocycles. The third-order valence-corrected chi connectivity index (χ3v) is 3.08. The molecule has 104 valence electrons. The Balaban J connectivity index is 2.14. The number of halogens is 1. The Morgan fingerprint density at radius 3 is 2.45 bits per heavy atom. The lowest BCUT2D eigenvalue weighted by atomic mass is 10.1. The van der Waals surface area contributed by atoms with Gasteiger partial charge >= 0.3 is 0 Å². The van der Waals surface area contributed by atoms with Crippen LogP contribution in [-0.2, 0) is 6.54 Å². The van der Waals surface area contributed by atoms with Crippen molar-refractivity contribution in [2.45, 2.75) is 13.5 Å². The van der Waals surface area contributed by atoms with Gasteiger partial charge in [0.2, 0.25) is 0 Å². The van der Waals surface area contributed by atoms with Crippen molar-refractivity contribution in [2.24, 2.45) is 0 Å². The first-order chi connectivity index (χ1) is 9.47. The highest BCUT2D eigenvalue weighted by molar-refractivity contribution is 5.96. The summed E-state index contributed by atoms with van der Waals surface area (Å²) in [6.07, 6.45) is 0. The van der Waals surface area contributed by atoms with Gasteiger partial charge in [0.25, 0.3) is 5.91 Å². The molecule has 0 unspecified atom stereocenters. The number of carbonyl (C=O) groups excluding carboxylic acids is 1. The fourth-order valence-corrected chi connectivity index (χ4v) is 1.93. The maximum absolute atomic E-state index is 12.9. The van der Waals surface area contributed by atoms with Crippen LogP contribution < -0.4 is 0 Å². The van der Waals surface area contributed by atoms with Gasteiger partial charge in [0.05, 0.1) is 5.56 Å². The molecule has 0 spiro atoms. The number of hydrogen-bond donors (Lipinski definition) is 1. The SMILES string of the molecule is Cc1ccc(CN(C)C(=O)c2ccc(F)cc2O)cc1. The van der Waals surface area contributed by atoms with E-state index in [1.54, 1.807) is 7.05 Å². The van der Waals surface area contributed by atoms with E-state index in [1.165, 1.54) is 11.0 Å². The second-order valence-corrected chi connectivity index (χ2v) is 4.81. The van der Waals surface area contributed by atoms with Crippen LogP contribution in [0.3, 0.4) is 0 Å². The van der Waals surface area contributed by atoms with Crippen LogP contribution >= 0.6 is 0 Å². The van der Waals surface area contributed by atoms with E-state index in [-0.39, 0.29) is 17.2 Å². The van der Waals surface area contributed by atoms with Gasteiger partial charge in [-0.1, -0.05) is 29.8 Å². The van der Waals surface area contributed by atoms with Crippen LogP contribution in [0.25, 0.3) is 0 Å². The van der Waals surface area contributed by atoms with Crippen LogP contribution in [0.2, 0.25) is 0 Å². The van der Waals surface area contributed by atoms with Gasteiger partial charge in [-0.15, -0.1) is 0 Å². The van der Waals surface area contributed by atoms with E-state index in [4.69, 9.17) is 0 Å². The highest BCUT2D eigenvalue weighted by Gasteiger charge is 2.16. The van der Waals surface area contributed by atoms with Crippen molar-refractivity contribution in [3.8, 4) is 5.75 Å². The van der Waals surface area contributed by atoms with Gasteiger partial charge in [0.15, 0.2) is 0 Å². The molecule has 0 saturated heterocycles. The number of carbonyl (C=O) groups is 1. The van der Waals surface area contributed by atoms with Crippen LogP contribution in [0, 0.1) is 12.7 Å². The summed E-state index contributed by atoms with van der Waals surface area (Å²) in [4.78, 5) is 13.7. The smallest absolute Gasteiger partial charge is 0.257 e. The molecule has 2 aromatic carbocycles.